The van der Waals surface area contributed by atoms with E-state index in [1.807, 2.05) is 48.0 Å². The molecule has 0 saturated carbocycles. The molecule has 0 saturated heterocycles. The van der Waals surface area contributed by atoms with Crippen LogP contribution in [0.5, 0.6) is 0 Å². The van der Waals surface area contributed by atoms with E-state index in [1.54, 1.807) is 24.7 Å². The SMILES string of the molecule is C[C@H](NC(=O)C[C@@H]1Sc2ccc(Cl)cc2NC1=O)c1ccc(-n2ccnc2)cc1. The number of fused-ring (bicyclic) bond motifs is 1. The summed E-state index contributed by atoms with van der Waals surface area (Å²) in [7, 11) is 0. The van der Waals surface area contributed by atoms with Crippen molar-refractivity contribution >= 4 is 40.9 Å². The largest absolute Gasteiger partial charge is 0.350 e. The first-order chi connectivity index (χ1) is 14.0. The molecule has 0 aliphatic carbocycles. The van der Waals surface area contributed by atoms with E-state index in [1.165, 1.54) is 11.8 Å². The number of aromatic nitrogens is 2. The molecule has 3 aromatic rings. The van der Waals surface area contributed by atoms with Gasteiger partial charge in [0.1, 0.15) is 0 Å². The quantitative estimate of drug-likeness (QED) is 0.640. The average molecular weight is 427 g/mol. The molecule has 2 aromatic carbocycles. The minimum absolute atomic E-state index is 0.107. The molecule has 0 unspecified atom stereocenters. The first-order valence-corrected chi connectivity index (χ1v) is 10.4. The Balaban J connectivity index is 1.37. The molecular formula is C21H19ClN4O2S. The van der Waals surface area contributed by atoms with Crippen LogP contribution >= 0.6 is 23.4 Å². The minimum atomic E-state index is -0.473. The molecule has 1 aromatic heterocycles. The molecule has 4 rings (SSSR count). The van der Waals surface area contributed by atoms with Crippen LogP contribution in [0, 0.1) is 0 Å². The third-order valence-corrected chi connectivity index (χ3v) is 6.22. The number of thioether (sulfide) groups is 1. The first kappa shape index (κ1) is 19.5. The summed E-state index contributed by atoms with van der Waals surface area (Å²) in [6.07, 6.45) is 5.44. The predicted molar refractivity (Wildman–Crippen MR) is 114 cm³/mol. The summed E-state index contributed by atoms with van der Waals surface area (Å²) < 4.78 is 1.91. The van der Waals surface area contributed by atoms with Gasteiger partial charge in [-0.1, -0.05) is 23.7 Å². The molecule has 1 aliphatic heterocycles. The lowest BCUT2D eigenvalue weighted by molar-refractivity contribution is -0.124. The maximum atomic E-state index is 12.5. The lowest BCUT2D eigenvalue weighted by atomic mass is 10.1. The second-order valence-corrected chi connectivity index (χ2v) is 8.47. The highest BCUT2D eigenvalue weighted by molar-refractivity contribution is 8.01. The van der Waals surface area contributed by atoms with E-state index in [0.717, 1.165) is 16.1 Å². The van der Waals surface area contributed by atoms with Crippen LogP contribution in [-0.4, -0.2) is 26.6 Å². The molecule has 2 heterocycles. The first-order valence-electron chi connectivity index (χ1n) is 9.14. The number of rotatable bonds is 5. The van der Waals surface area contributed by atoms with E-state index in [9.17, 15) is 9.59 Å². The van der Waals surface area contributed by atoms with Crippen molar-refractivity contribution < 1.29 is 9.59 Å². The zero-order chi connectivity index (χ0) is 20.4. The van der Waals surface area contributed by atoms with Crippen LogP contribution in [-0.2, 0) is 9.59 Å². The number of nitrogens with zero attached hydrogens (tertiary/aromatic N) is 2. The predicted octanol–water partition coefficient (Wildman–Crippen LogP) is 4.21. The molecule has 2 atom stereocenters. The van der Waals surface area contributed by atoms with Crippen molar-refractivity contribution in [3.63, 3.8) is 0 Å². The average Bonchev–Trinajstić information content (AvgIpc) is 3.23. The summed E-state index contributed by atoms with van der Waals surface area (Å²) in [5.74, 6) is -0.349. The van der Waals surface area contributed by atoms with Crippen LogP contribution in [0.4, 0.5) is 5.69 Å². The molecule has 29 heavy (non-hydrogen) atoms. The Morgan fingerprint density at radius 1 is 1.31 bits per heavy atom. The third-order valence-electron chi connectivity index (χ3n) is 4.71. The summed E-state index contributed by atoms with van der Waals surface area (Å²) in [6.45, 7) is 1.93. The van der Waals surface area contributed by atoms with Gasteiger partial charge in [0.25, 0.3) is 0 Å². The van der Waals surface area contributed by atoms with Crippen molar-refractivity contribution in [1.29, 1.82) is 0 Å². The Morgan fingerprint density at radius 2 is 2.10 bits per heavy atom. The molecular weight excluding hydrogens is 408 g/mol. The Labute approximate surface area is 177 Å². The van der Waals surface area contributed by atoms with Crippen molar-refractivity contribution in [2.24, 2.45) is 0 Å². The Kier molecular flexibility index (Phi) is 5.60. The van der Waals surface area contributed by atoms with Crippen LogP contribution < -0.4 is 10.6 Å². The third kappa shape index (κ3) is 4.46. The number of carbonyl (C=O) groups is 2. The molecule has 0 spiro atoms. The second kappa shape index (κ2) is 8.31. The highest BCUT2D eigenvalue weighted by Gasteiger charge is 2.29. The van der Waals surface area contributed by atoms with Gasteiger partial charge in [-0.3, -0.25) is 9.59 Å². The number of anilines is 1. The van der Waals surface area contributed by atoms with Crippen LogP contribution in [0.25, 0.3) is 5.69 Å². The van der Waals surface area contributed by atoms with Crippen molar-refractivity contribution in [2.45, 2.75) is 29.5 Å². The van der Waals surface area contributed by atoms with Gasteiger partial charge in [-0.25, -0.2) is 4.98 Å². The molecule has 0 bridgehead atoms. The minimum Gasteiger partial charge on any atom is -0.350 e. The Hall–Kier alpha value is -2.77. The molecule has 6 nitrogen and oxygen atoms in total. The van der Waals surface area contributed by atoms with Gasteiger partial charge in [-0.15, -0.1) is 11.8 Å². The molecule has 1 aliphatic rings. The summed E-state index contributed by atoms with van der Waals surface area (Å²) in [4.78, 5) is 29.8. The van der Waals surface area contributed by atoms with Gasteiger partial charge in [-0.05, 0) is 42.8 Å². The maximum Gasteiger partial charge on any atom is 0.238 e. The van der Waals surface area contributed by atoms with Gasteiger partial charge >= 0.3 is 0 Å². The van der Waals surface area contributed by atoms with E-state index in [-0.39, 0.29) is 24.3 Å². The number of benzene rings is 2. The Bertz CT molecular complexity index is 1040. The highest BCUT2D eigenvalue weighted by atomic mass is 35.5. The van der Waals surface area contributed by atoms with Crippen molar-refractivity contribution in [1.82, 2.24) is 14.9 Å². The van der Waals surface area contributed by atoms with Gasteiger partial charge in [-0.2, -0.15) is 0 Å². The monoisotopic (exact) mass is 426 g/mol. The van der Waals surface area contributed by atoms with Gasteiger partial charge in [0.2, 0.25) is 11.8 Å². The highest BCUT2D eigenvalue weighted by Crippen LogP contribution is 2.38. The Morgan fingerprint density at radius 3 is 2.83 bits per heavy atom. The van der Waals surface area contributed by atoms with E-state index in [0.29, 0.717) is 10.7 Å². The second-order valence-electron chi connectivity index (χ2n) is 6.79. The summed E-state index contributed by atoms with van der Waals surface area (Å²) in [5, 5.41) is 5.90. The topological polar surface area (TPSA) is 76.0 Å². The fraction of sp³-hybridized carbons (Fsp3) is 0.190. The standard InChI is InChI=1S/C21H19ClN4O2S/c1-13(14-2-5-16(6-3-14)26-9-8-23-12-26)24-20(27)11-19-21(28)25-17-10-15(22)4-7-18(17)29-19/h2-10,12-13,19H,11H2,1H3,(H,24,27)(H,25,28)/t13-,19-/m0/s1. The summed E-state index contributed by atoms with van der Waals surface area (Å²) in [6, 6.07) is 13.1. The van der Waals surface area contributed by atoms with Crippen LogP contribution in [0.2, 0.25) is 5.02 Å². The maximum absolute atomic E-state index is 12.5. The van der Waals surface area contributed by atoms with Gasteiger partial charge in [0, 0.05) is 34.4 Å². The van der Waals surface area contributed by atoms with Crippen LogP contribution in [0.3, 0.4) is 0 Å². The molecule has 148 valence electrons. The summed E-state index contributed by atoms with van der Waals surface area (Å²) >= 11 is 7.36. The van der Waals surface area contributed by atoms with Gasteiger partial charge < -0.3 is 15.2 Å². The lowest BCUT2D eigenvalue weighted by Crippen LogP contribution is -2.35. The number of carbonyl (C=O) groups excluding carboxylic acids is 2. The number of amides is 2. The molecule has 2 N–H and O–H groups in total. The molecule has 0 fully saturated rings. The van der Waals surface area contributed by atoms with E-state index >= 15 is 0 Å². The van der Waals surface area contributed by atoms with Gasteiger partial charge in [0.15, 0.2) is 0 Å². The fourth-order valence-electron chi connectivity index (χ4n) is 3.16. The summed E-state index contributed by atoms with van der Waals surface area (Å²) in [5.41, 5.74) is 2.68. The smallest absolute Gasteiger partial charge is 0.238 e. The number of halogens is 1. The molecule has 0 radical (unpaired) electrons. The van der Waals surface area contributed by atoms with Crippen LogP contribution in [0.1, 0.15) is 24.9 Å². The molecule has 8 heteroatoms. The van der Waals surface area contributed by atoms with Crippen molar-refractivity contribution in [3.05, 3.63) is 71.8 Å². The lowest BCUT2D eigenvalue weighted by Gasteiger charge is -2.24. The number of hydrogen-bond acceptors (Lipinski definition) is 4. The van der Waals surface area contributed by atoms with E-state index in [4.69, 9.17) is 11.6 Å². The zero-order valence-electron chi connectivity index (χ0n) is 15.6. The molecule has 2 amide bonds. The van der Waals surface area contributed by atoms with E-state index < -0.39 is 5.25 Å². The number of hydrogen-bond donors (Lipinski definition) is 2. The van der Waals surface area contributed by atoms with Crippen molar-refractivity contribution in [2.75, 3.05) is 5.32 Å². The van der Waals surface area contributed by atoms with Gasteiger partial charge in [0.05, 0.1) is 23.3 Å². The fourth-order valence-corrected chi connectivity index (χ4v) is 4.42. The van der Waals surface area contributed by atoms with Crippen LogP contribution in [0.15, 0.2) is 66.1 Å². The number of imidazole rings is 1. The zero-order valence-corrected chi connectivity index (χ0v) is 17.2. The van der Waals surface area contributed by atoms with E-state index in [2.05, 4.69) is 15.6 Å². The van der Waals surface area contributed by atoms with Crippen molar-refractivity contribution in [3.8, 4) is 5.69 Å². The normalized spacial score (nSPS) is 16.6. The number of nitrogens with one attached hydrogen (secondary N) is 2.